The van der Waals surface area contributed by atoms with E-state index in [0.29, 0.717) is 0 Å². The molecule has 20 heavy (non-hydrogen) atoms. The summed E-state index contributed by atoms with van der Waals surface area (Å²) in [7, 11) is 2.03. The van der Waals surface area contributed by atoms with Gasteiger partial charge in [0.05, 0.1) is 5.69 Å². The summed E-state index contributed by atoms with van der Waals surface area (Å²) in [4.78, 5) is 4.39. The molecule has 0 radical (unpaired) electrons. The molecular weight excluding hydrogens is 243 g/mol. The van der Waals surface area contributed by atoms with Crippen LogP contribution >= 0.6 is 0 Å². The van der Waals surface area contributed by atoms with Gasteiger partial charge < -0.3 is 5.73 Å². The SMILES string of the molecule is Bc1cccc(-c2cccc(-c3ccccn3)c2)c1N. The van der Waals surface area contributed by atoms with Crippen LogP contribution in [0, 0.1) is 0 Å². The lowest BCUT2D eigenvalue weighted by atomic mass is 9.89. The predicted octanol–water partition coefficient (Wildman–Crippen LogP) is 2.26. The Morgan fingerprint density at radius 3 is 2.45 bits per heavy atom. The van der Waals surface area contributed by atoms with Gasteiger partial charge in [0.2, 0.25) is 0 Å². The molecule has 0 fully saturated rings. The third-order valence-electron chi connectivity index (χ3n) is 3.46. The summed E-state index contributed by atoms with van der Waals surface area (Å²) in [5.74, 6) is 0. The van der Waals surface area contributed by atoms with Gasteiger partial charge in [-0.3, -0.25) is 4.98 Å². The van der Waals surface area contributed by atoms with E-state index in [9.17, 15) is 0 Å². The quantitative estimate of drug-likeness (QED) is 0.565. The molecule has 0 aliphatic carbocycles. The second-order valence-electron chi connectivity index (χ2n) is 4.83. The van der Waals surface area contributed by atoms with Crippen molar-refractivity contribution in [1.29, 1.82) is 0 Å². The fraction of sp³-hybridized carbons (Fsp3) is 0. The number of hydrogen-bond donors (Lipinski definition) is 1. The first-order valence-electron chi connectivity index (χ1n) is 6.62. The Hall–Kier alpha value is -2.55. The third-order valence-corrected chi connectivity index (χ3v) is 3.46. The maximum atomic E-state index is 6.19. The van der Waals surface area contributed by atoms with Crippen LogP contribution in [0.25, 0.3) is 22.4 Å². The van der Waals surface area contributed by atoms with E-state index in [4.69, 9.17) is 5.73 Å². The smallest absolute Gasteiger partial charge is 0.142 e. The van der Waals surface area contributed by atoms with Crippen molar-refractivity contribution in [2.45, 2.75) is 0 Å². The highest BCUT2D eigenvalue weighted by molar-refractivity contribution is 6.36. The van der Waals surface area contributed by atoms with Gasteiger partial charge in [0.25, 0.3) is 0 Å². The molecule has 0 unspecified atom stereocenters. The summed E-state index contributed by atoms with van der Waals surface area (Å²) < 4.78 is 0. The van der Waals surface area contributed by atoms with Crippen molar-refractivity contribution >= 4 is 19.0 Å². The molecule has 3 rings (SSSR count). The standard InChI is InChI=1S/C17H15BN2/c18-15-8-4-7-14(17(15)19)12-5-3-6-13(11-12)16-9-1-2-10-20-16/h1-11H,18-19H2. The van der Waals surface area contributed by atoms with Gasteiger partial charge in [0.1, 0.15) is 7.85 Å². The predicted molar refractivity (Wildman–Crippen MR) is 87.7 cm³/mol. The van der Waals surface area contributed by atoms with Crippen LogP contribution in [-0.4, -0.2) is 12.8 Å². The maximum absolute atomic E-state index is 6.19. The van der Waals surface area contributed by atoms with E-state index in [1.54, 1.807) is 0 Å². The number of benzene rings is 2. The average Bonchev–Trinajstić information content (AvgIpc) is 2.51. The second-order valence-corrected chi connectivity index (χ2v) is 4.83. The molecule has 3 heteroatoms. The first kappa shape index (κ1) is 12.5. The van der Waals surface area contributed by atoms with Crippen molar-refractivity contribution in [3.8, 4) is 22.4 Å². The molecule has 2 nitrogen and oxygen atoms in total. The number of anilines is 1. The van der Waals surface area contributed by atoms with Gasteiger partial charge in [-0.15, -0.1) is 0 Å². The molecule has 1 heterocycles. The molecule has 1 aromatic heterocycles. The van der Waals surface area contributed by atoms with Gasteiger partial charge in [-0.25, -0.2) is 0 Å². The summed E-state index contributed by atoms with van der Waals surface area (Å²) in [6, 6.07) is 20.4. The zero-order valence-electron chi connectivity index (χ0n) is 11.4. The van der Waals surface area contributed by atoms with E-state index >= 15 is 0 Å². The molecule has 0 bridgehead atoms. The first-order chi connectivity index (χ1) is 9.75. The summed E-state index contributed by atoms with van der Waals surface area (Å²) in [6.07, 6.45) is 1.81. The van der Waals surface area contributed by atoms with Crippen LogP contribution in [0.1, 0.15) is 0 Å². The Morgan fingerprint density at radius 1 is 0.850 bits per heavy atom. The molecule has 2 aromatic carbocycles. The Bertz CT molecular complexity index is 739. The van der Waals surface area contributed by atoms with Crippen molar-refractivity contribution in [1.82, 2.24) is 4.98 Å². The summed E-state index contributed by atoms with van der Waals surface area (Å²) >= 11 is 0. The van der Waals surface area contributed by atoms with Crippen LogP contribution in [0.3, 0.4) is 0 Å². The van der Waals surface area contributed by atoms with Gasteiger partial charge in [-0.05, 0) is 23.8 Å². The monoisotopic (exact) mass is 258 g/mol. The van der Waals surface area contributed by atoms with Gasteiger partial charge >= 0.3 is 0 Å². The lowest BCUT2D eigenvalue weighted by molar-refractivity contribution is 1.33. The number of hydrogen-bond acceptors (Lipinski definition) is 2. The zero-order chi connectivity index (χ0) is 13.9. The molecule has 0 saturated carbocycles. The average molecular weight is 258 g/mol. The molecular formula is C17H15BN2. The third kappa shape index (κ3) is 2.30. The Balaban J connectivity index is 2.10. The molecule has 3 aromatic rings. The van der Waals surface area contributed by atoms with Crippen molar-refractivity contribution in [2.24, 2.45) is 0 Å². The van der Waals surface area contributed by atoms with Crippen molar-refractivity contribution < 1.29 is 0 Å². The van der Waals surface area contributed by atoms with E-state index in [1.807, 2.05) is 50.4 Å². The second kappa shape index (κ2) is 5.21. The fourth-order valence-corrected chi connectivity index (χ4v) is 2.31. The van der Waals surface area contributed by atoms with Crippen LogP contribution in [-0.2, 0) is 0 Å². The topological polar surface area (TPSA) is 38.9 Å². The number of pyridine rings is 1. The summed E-state index contributed by atoms with van der Waals surface area (Å²) in [5.41, 5.74) is 12.4. The molecule has 0 aliphatic rings. The van der Waals surface area contributed by atoms with E-state index in [2.05, 4.69) is 29.2 Å². The summed E-state index contributed by atoms with van der Waals surface area (Å²) in [6.45, 7) is 0. The highest BCUT2D eigenvalue weighted by Crippen LogP contribution is 2.28. The maximum Gasteiger partial charge on any atom is 0.142 e. The van der Waals surface area contributed by atoms with E-state index in [1.165, 1.54) is 0 Å². The van der Waals surface area contributed by atoms with Crippen molar-refractivity contribution in [3.63, 3.8) is 0 Å². The van der Waals surface area contributed by atoms with Crippen LogP contribution in [0.15, 0.2) is 66.9 Å². The van der Waals surface area contributed by atoms with E-state index < -0.39 is 0 Å². The molecule has 0 spiro atoms. The summed E-state index contributed by atoms with van der Waals surface area (Å²) in [5, 5.41) is 0. The van der Waals surface area contributed by atoms with Gasteiger partial charge in [0, 0.05) is 23.0 Å². The fourth-order valence-electron chi connectivity index (χ4n) is 2.31. The van der Waals surface area contributed by atoms with Crippen molar-refractivity contribution in [3.05, 3.63) is 66.9 Å². The minimum Gasteiger partial charge on any atom is -0.399 e. The number of nitrogen functional groups attached to an aromatic ring is 1. The Labute approximate surface area is 119 Å². The van der Waals surface area contributed by atoms with E-state index in [0.717, 1.165) is 33.5 Å². The minimum atomic E-state index is 0.839. The first-order valence-corrected chi connectivity index (χ1v) is 6.62. The highest BCUT2D eigenvalue weighted by Gasteiger charge is 2.06. The Morgan fingerprint density at radius 2 is 1.65 bits per heavy atom. The Kier molecular flexibility index (Phi) is 3.26. The molecule has 0 saturated heterocycles. The molecule has 0 aliphatic heterocycles. The number of nitrogens with zero attached hydrogens (tertiary/aromatic N) is 1. The minimum absolute atomic E-state index is 0.839. The van der Waals surface area contributed by atoms with E-state index in [-0.39, 0.29) is 0 Å². The number of para-hydroxylation sites is 1. The van der Waals surface area contributed by atoms with Crippen LogP contribution < -0.4 is 11.2 Å². The van der Waals surface area contributed by atoms with Crippen LogP contribution in [0.5, 0.6) is 0 Å². The largest absolute Gasteiger partial charge is 0.399 e. The molecule has 0 atom stereocenters. The highest BCUT2D eigenvalue weighted by atomic mass is 14.7. The van der Waals surface area contributed by atoms with Crippen LogP contribution in [0.2, 0.25) is 0 Å². The normalized spacial score (nSPS) is 10.4. The number of aromatic nitrogens is 1. The van der Waals surface area contributed by atoms with Gasteiger partial charge in [0.15, 0.2) is 0 Å². The zero-order valence-corrected chi connectivity index (χ0v) is 11.4. The number of nitrogens with two attached hydrogens (primary N) is 1. The molecule has 0 amide bonds. The van der Waals surface area contributed by atoms with Crippen molar-refractivity contribution in [2.75, 3.05) is 5.73 Å². The lowest BCUT2D eigenvalue weighted by Crippen LogP contribution is -2.10. The van der Waals surface area contributed by atoms with Gasteiger partial charge in [-0.1, -0.05) is 47.9 Å². The lowest BCUT2D eigenvalue weighted by Gasteiger charge is -2.10. The van der Waals surface area contributed by atoms with Crippen LogP contribution in [0.4, 0.5) is 5.69 Å². The molecule has 96 valence electrons. The van der Waals surface area contributed by atoms with Gasteiger partial charge in [-0.2, -0.15) is 0 Å². The number of rotatable bonds is 2. The molecule has 2 N–H and O–H groups in total.